The average Bonchev–Trinajstić information content (AvgIpc) is 2.96. The highest BCUT2D eigenvalue weighted by atomic mass is 16.2. The minimum atomic E-state index is -0.125. The van der Waals surface area contributed by atoms with Crippen molar-refractivity contribution in [1.29, 1.82) is 0 Å². The molecule has 1 aromatic heterocycles. The second kappa shape index (κ2) is 8.40. The molecule has 1 fully saturated rings. The lowest BCUT2D eigenvalue weighted by atomic mass is 10.1. The van der Waals surface area contributed by atoms with Crippen molar-refractivity contribution in [2.75, 3.05) is 33.2 Å². The third-order valence-corrected chi connectivity index (χ3v) is 4.89. The molecule has 1 atom stereocenters. The zero-order valence-corrected chi connectivity index (χ0v) is 14.8. The number of likely N-dealkylation sites (N-methyl/N-ethyl adjacent to an activating group) is 1. The Hall–Kier alpha value is -1.47. The van der Waals surface area contributed by atoms with E-state index in [1.807, 2.05) is 11.6 Å². The summed E-state index contributed by atoms with van der Waals surface area (Å²) in [5.41, 5.74) is 1.32. The van der Waals surface area contributed by atoms with Gasteiger partial charge in [0.25, 0.3) is 5.91 Å². The SMILES string of the molecule is CCC(C)N(C)CCNC(=O)c1nnn(C2CCNCC2)c1C. The quantitative estimate of drug-likeness (QED) is 0.782. The number of nitrogens with one attached hydrogen (secondary N) is 2. The molecule has 7 heteroatoms. The zero-order chi connectivity index (χ0) is 16.8. The molecule has 1 aromatic rings. The van der Waals surface area contributed by atoms with E-state index in [-0.39, 0.29) is 5.91 Å². The maximum absolute atomic E-state index is 12.3. The Morgan fingerprint density at radius 3 is 2.83 bits per heavy atom. The minimum absolute atomic E-state index is 0.125. The molecule has 0 aliphatic carbocycles. The van der Waals surface area contributed by atoms with Crippen LogP contribution in [-0.4, -0.2) is 65.1 Å². The van der Waals surface area contributed by atoms with Crippen molar-refractivity contribution in [3.63, 3.8) is 0 Å². The Morgan fingerprint density at radius 1 is 1.48 bits per heavy atom. The van der Waals surface area contributed by atoms with E-state index in [0.29, 0.717) is 24.3 Å². The van der Waals surface area contributed by atoms with Crippen molar-refractivity contribution in [3.05, 3.63) is 11.4 Å². The van der Waals surface area contributed by atoms with Crippen LogP contribution in [0, 0.1) is 6.92 Å². The fourth-order valence-corrected chi connectivity index (χ4v) is 2.91. The molecular formula is C16H30N6O. The van der Waals surface area contributed by atoms with E-state index < -0.39 is 0 Å². The van der Waals surface area contributed by atoms with Gasteiger partial charge in [0, 0.05) is 19.1 Å². The van der Waals surface area contributed by atoms with Gasteiger partial charge in [-0.25, -0.2) is 4.68 Å². The Bertz CT molecular complexity index is 509. The first-order chi connectivity index (χ1) is 11.0. The Balaban J connectivity index is 1.89. The van der Waals surface area contributed by atoms with E-state index >= 15 is 0 Å². The van der Waals surface area contributed by atoms with Crippen LogP contribution in [0.5, 0.6) is 0 Å². The molecule has 0 spiro atoms. The highest BCUT2D eigenvalue weighted by molar-refractivity contribution is 5.93. The smallest absolute Gasteiger partial charge is 0.273 e. The number of piperidine rings is 1. The summed E-state index contributed by atoms with van der Waals surface area (Å²) in [7, 11) is 2.08. The zero-order valence-electron chi connectivity index (χ0n) is 14.8. The van der Waals surface area contributed by atoms with E-state index in [9.17, 15) is 4.79 Å². The van der Waals surface area contributed by atoms with Gasteiger partial charge in [0.2, 0.25) is 0 Å². The fraction of sp³-hybridized carbons (Fsp3) is 0.812. The summed E-state index contributed by atoms with van der Waals surface area (Å²) < 4.78 is 1.92. The lowest BCUT2D eigenvalue weighted by Crippen LogP contribution is -2.37. The largest absolute Gasteiger partial charge is 0.349 e. The van der Waals surface area contributed by atoms with Crippen molar-refractivity contribution >= 4 is 5.91 Å². The van der Waals surface area contributed by atoms with Crippen LogP contribution in [0.1, 0.15) is 55.3 Å². The second-order valence-corrected chi connectivity index (χ2v) is 6.44. The van der Waals surface area contributed by atoms with Crippen molar-refractivity contribution < 1.29 is 4.79 Å². The molecule has 0 radical (unpaired) electrons. The van der Waals surface area contributed by atoms with Gasteiger partial charge in [-0.2, -0.15) is 0 Å². The fourth-order valence-electron chi connectivity index (χ4n) is 2.91. The Labute approximate surface area is 138 Å². The van der Waals surface area contributed by atoms with Crippen LogP contribution in [0.3, 0.4) is 0 Å². The summed E-state index contributed by atoms with van der Waals surface area (Å²) in [6.07, 6.45) is 3.17. The summed E-state index contributed by atoms with van der Waals surface area (Å²) in [4.78, 5) is 14.6. The average molecular weight is 322 g/mol. The van der Waals surface area contributed by atoms with Crippen LogP contribution in [0.25, 0.3) is 0 Å². The van der Waals surface area contributed by atoms with Crippen molar-refractivity contribution in [2.45, 2.75) is 52.1 Å². The summed E-state index contributed by atoms with van der Waals surface area (Å²) in [5, 5.41) is 14.6. The number of carbonyl (C=O) groups excluding carboxylic acids is 1. The molecule has 2 heterocycles. The molecule has 1 amide bonds. The van der Waals surface area contributed by atoms with Gasteiger partial charge in [-0.15, -0.1) is 5.10 Å². The molecule has 130 valence electrons. The van der Waals surface area contributed by atoms with E-state index in [2.05, 4.69) is 46.7 Å². The van der Waals surface area contributed by atoms with Crippen LogP contribution < -0.4 is 10.6 Å². The lowest BCUT2D eigenvalue weighted by molar-refractivity contribution is 0.0941. The highest BCUT2D eigenvalue weighted by Gasteiger charge is 2.22. The molecule has 23 heavy (non-hydrogen) atoms. The molecule has 1 aliphatic heterocycles. The predicted octanol–water partition coefficient (Wildman–Crippen LogP) is 0.971. The standard InChI is InChI=1S/C16H30N6O/c1-5-12(2)21(4)11-10-18-16(23)15-13(3)22(20-19-15)14-6-8-17-9-7-14/h12,14,17H,5-11H2,1-4H3,(H,18,23). The number of hydrogen-bond acceptors (Lipinski definition) is 5. The topological polar surface area (TPSA) is 75.1 Å². The molecule has 2 rings (SSSR count). The number of nitrogens with zero attached hydrogens (tertiary/aromatic N) is 4. The van der Waals surface area contributed by atoms with Crippen LogP contribution in [0.15, 0.2) is 0 Å². The number of aromatic nitrogens is 3. The van der Waals surface area contributed by atoms with Gasteiger partial charge in [-0.05, 0) is 53.2 Å². The number of hydrogen-bond donors (Lipinski definition) is 2. The van der Waals surface area contributed by atoms with Gasteiger partial charge in [0.15, 0.2) is 5.69 Å². The molecule has 7 nitrogen and oxygen atoms in total. The van der Waals surface area contributed by atoms with Gasteiger partial charge in [-0.1, -0.05) is 12.1 Å². The van der Waals surface area contributed by atoms with Crippen LogP contribution in [-0.2, 0) is 0 Å². The molecule has 1 saturated heterocycles. The van der Waals surface area contributed by atoms with Crippen LogP contribution >= 0.6 is 0 Å². The lowest BCUT2D eigenvalue weighted by Gasteiger charge is -2.23. The molecule has 0 saturated carbocycles. The second-order valence-electron chi connectivity index (χ2n) is 6.44. The summed E-state index contributed by atoms with van der Waals surface area (Å²) in [5.74, 6) is -0.125. The monoisotopic (exact) mass is 322 g/mol. The molecule has 1 unspecified atom stereocenters. The normalized spacial score (nSPS) is 17.4. The number of rotatable bonds is 7. The van der Waals surface area contributed by atoms with Gasteiger partial charge in [-0.3, -0.25) is 4.79 Å². The molecule has 0 bridgehead atoms. The van der Waals surface area contributed by atoms with Gasteiger partial charge >= 0.3 is 0 Å². The van der Waals surface area contributed by atoms with Crippen molar-refractivity contribution in [2.24, 2.45) is 0 Å². The molecule has 1 aliphatic rings. The van der Waals surface area contributed by atoms with Crippen molar-refractivity contribution in [1.82, 2.24) is 30.5 Å². The third kappa shape index (κ3) is 4.51. The maximum atomic E-state index is 12.3. The summed E-state index contributed by atoms with van der Waals surface area (Å²) >= 11 is 0. The number of amides is 1. The maximum Gasteiger partial charge on any atom is 0.273 e. The summed E-state index contributed by atoms with van der Waals surface area (Å²) in [6, 6.07) is 0.872. The van der Waals surface area contributed by atoms with Gasteiger partial charge in [0.1, 0.15) is 0 Å². The van der Waals surface area contributed by atoms with Crippen LogP contribution in [0.4, 0.5) is 0 Å². The first-order valence-corrected chi connectivity index (χ1v) is 8.65. The summed E-state index contributed by atoms with van der Waals surface area (Å²) in [6.45, 7) is 9.74. The Morgan fingerprint density at radius 2 is 2.17 bits per heavy atom. The molecule has 2 N–H and O–H groups in total. The van der Waals surface area contributed by atoms with E-state index in [4.69, 9.17) is 0 Å². The van der Waals surface area contributed by atoms with E-state index in [1.165, 1.54) is 0 Å². The molecule has 0 aromatic carbocycles. The predicted molar refractivity (Wildman–Crippen MR) is 90.6 cm³/mol. The van der Waals surface area contributed by atoms with Gasteiger partial charge < -0.3 is 15.5 Å². The van der Waals surface area contributed by atoms with E-state index in [0.717, 1.165) is 44.6 Å². The Kier molecular flexibility index (Phi) is 6.53. The first-order valence-electron chi connectivity index (χ1n) is 8.65. The molecular weight excluding hydrogens is 292 g/mol. The highest BCUT2D eigenvalue weighted by Crippen LogP contribution is 2.20. The van der Waals surface area contributed by atoms with Gasteiger partial charge in [0.05, 0.1) is 11.7 Å². The van der Waals surface area contributed by atoms with Crippen LogP contribution in [0.2, 0.25) is 0 Å². The van der Waals surface area contributed by atoms with E-state index in [1.54, 1.807) is 0 Å². The number of carbonyl (C=O) groups is 1. The minimum Gasteiger partial charge on any atom is -0.349 e. The first kappa shape index (κ1) is 17.9. The third-order valence-electron chi connectivity index (χ3n) is 4.89. The van der Waals surface area contributed by atoms with Crippen molar-refractivity contribution in [3.8, 4) is 0 Å².